The molecule has 278 valence electrons. The number of phenolic OH excluding ortho intramolecular Hbond substituents is 1. The van der Waals surface area contributed by atoms with Crippen molar-refractivity contribution in [3.05, 3.63) is 65.6 Å². The molecule has 1 fully saturated rings. The maximum absolute atomic E-state index is 13.7. The Morgan fingerprint density at radius 1 is 1.08 bits per heavy atom. The molecular weight excluding hydrogens is 635 g/mol. The van der Waals surface area contributed by atoms with Gasteiger partial charge in [0.1, 0.15) is 11.4 Å². The van der Waals surface area contributed by atoms with Crippen molar-refractivity contribution in [2.45, 2.75) is 120 Å². The van der Waals surface area contributed by atoms with Gasteiger partial charge in [-0.25, -0.2) is 19.1 Å². The molecule has 4 atom stereocenters. The lowest BCUT2D eigenvalue weighted by atomic mass is 9.57. The zero-order chi connectivity index (χ0) is 38.2. The van der Waals surface area contributed by atoms with E-state index in [0.717, 1.165) is 41.5 Å². The molecule has 0 aliphatic heterocycles. The number of hydrogen-bond donors (Lipinski definition) is 2. The standard InChI is InChI=1S/C43H63N5O3/c1-16-18-47(19-17-2)40(50)51-39-35(44-15)31(25-30-28(20-26(3)4)21-27(5)22-32(30)41(6,7)8)38-45-37(46-48(38)39)29-23-33(42(9,10)11)36(49)34(24-29)43(12,13)14/h16-17,23-24,26-28,30,32,49H,1-2,18-22,25H2,3-14H3,(H,45,46). The number of amides is 1. The lowest BCUT2D eigenvalue weighted by Crippen LogP contribution is -2.40. The molecule has 8 heteroatoms. The van der Waals surface area contributed by atoms with Gasteiger partial charge < -0.3 is 14.7 Å². The molecule has 1 amide bonds. The van der Waals surface area contributed by atoms with Crippen LogP contribution in [0.5, 0.6) is 11.6 Å². The van der Waals surface area contributed by atoms with Crippen molar-refractivity contribution in [3.8, 4) is 23.0 Å². The van der Waals surface area contributed by atoms with Crippen LogP contribution in [0.4, 0.5) is 10.5 Å². The van der Waals surface area contributed by atoms with E-state index in [0.29, 0.717) is 58.9 Å². The van der Waals surface area contributed by atoms with Crippen LogP contribution in [-0.2, 0) is 17.3 Å². The van der Waals surface area contributed by atoms with Gasteiger partial charge in [0.15, 0.2) is 5.82 Å². The first-order valence-corrected chi connectivity index (χ1v) is 18.7. The zero-order valence-electron chi connectivity index (χ0n) is 33.4. The fourth-order valence-electron chi connectivity index (χ4n) is 8.30. The fraction of sp³-hybridized carbons (Fsp3) is 0.605. The van der Waals surface area contributed by atoms with Gasteiger partial charge in [0.25, 0.3) is 5.69 Å². The molecule has 2 aromatic heterocycles. The first kappa shape index (κ1) is 39.8. The number of rotatable bonds is 10. The molecule has 51 heavy (non-hydrogen) atoms. The molecule has 0 radical (unpaired) electrons. The van der Waals surface area contributed by atoms with E-state index in [-0.39, 0.29) is 35.2 Å². The van der Waals surface area contributed by atoms with Crippen LogP contribution in [0.15, 0.2) is 37.4 Å². The van der Waals surface area contributed by atoms with E-state index in [1.54, 1.807) is 16.7 Å². The van der Waals surface area contributed by atoms with E-state index in [1.807, 2.05) is 12.1 Å². The molecule has 4 rings (SSSR count). The van der Waals surface area contributed by atoms with E-state index >= 15 is 0 Å². The van der Waals surface area contributed by atoms with Gasteiger partial charge in [-0.3, -0.25) is 5.10 Å². The van der Waals surface area contributed by atoms with Crippen LogP contribution in [0.3, 0.4) is 0 Å². The number of hydrogen-bond acceptors (Lipinski definition) is 4. The number of carbonyl (C=O) groups excluding carboxylic acids is 1. The number of ether oxygens (including phenoxy) is 1. The number of aromatic nitrogens is 3. The number of phenols is 1. The highest BCUT2D eigenvalue weighted by Gasteiger charge is 2.43. The topological polar surface area (TPSA) is 87.2 Å². The molecule has 8 nitrogen and oxygen atoms in total. The number of H-pyrrole nitrogens is 1. The molecule has 2 heterocycles. The second-order valence-corrected chi connectivity index (χ2v) is 18.6. The smallest absolute Gasteiger partial charge is 0.416 e. The number of aromatic hydroxyl groups is 1. The Morgan fingerprint density at radius 3 is 2.12 bits per heavy atom. The maximum Gasteiger partial charge on any atom is 0.416 e. The molecule has 0 bridgehead atoms. The molecule has 1 aliphatic rings. The van der Waals surface area contributed by atoms with Gasteiger partial charge in [-0.05, 0) is 83.7 Å². The van der Waals surface area contributed by atoms with Gasteiger partial charge in [-0.1, -0.05) is 95.2 Å². The second kappa shape index (κ2) is 14.9. The predicted octanol–water partition coefficient (Wildman–Crippen LogP) is 11.3. The third kappa shape index (κ3) is 8.56. The van der Waals surface area contributed by atoms with Crippen LogP contribution in [0.2, 0.25) is 0 Å². The number of carbonyl (C=O) groups is 1. The van der Waals surface area contributed by atoms with Crippen molar-refractivity contribution in [3.63, 3.8) is 0 Å². The SMILES string of the molecule is [C-]#[N+]c1c(CC2C(CC(C)C)CC(C)CC2C(C)(C)C)c2nc(-c3cc(C(C)(C)C)c(O)c(C(C)(C)C)c3)[nH]n2c1OC(=O)N(CC=C)CC=C. The number of nitrogens with one attached hydrogen (secondary N) is 1. The average molecular weight is 698 g/mol. The van der Waals surface area contributed by atoms with Crippen LogP contribution >= 0.6 is 0 Å². The maximum atomic E-state index is 13.7. The fourth-order valence-corrected chi connectivity index (χ4v) is 8.30. The number of benzene rings is 1. The Hall–Kier alpha value is -3.99. The third-order valence-corrected chi connectivity index (χ3v) is 10.7. The van der Waals surface area contributed by atoms with Crippen LogP contribution < -0.4 is 4.74 Å². The molecule has 1 aliphatic carbocycles. The van der Waals surface area contributed by atoms with Gasteiger partial charge in [-0.15, -0.1) is 13.2 Å². The normalized spacial score (nSPS) is 20.0. The summed E-state index contributed by atoms with van der Waals surface area (Å²) in [5, 5.41) is 14.9. The third-order valence-electron chi connectivity index (χ3n) is 10.7. The quantitative estimate of drug-likeness (QED) is 0.163. The van der Waals surface area contributed by atoms with E-state index in [4.69, 9.17) is 16.3 Å². The van der Waals surface area contributed by atoms with E-state index in [1.165, 1.54) is 4.90 Å². The van der Waals surface area contributed by atoms with Crippen LogP contribution in [0, 0.1) is 41.6 Å². The van der Waals surface area contributed by atoms with E-state index < -0.39 is 6.09 Å². The summed E-state index contributed by atoms with van der Waals surface area (Å²) in [6.45, 7) is 43.2. The van der Waals surface area contributed by atoms with Gasteiger partial charge in [0.2, 0.25) is 5.88 Å². The first-order valence-electron chi connectivity index (χ1n) is 18.7. The summed E-state index contributed by atoms with van der Waals surface area (Å²) < 4.78 is 7.83. The number of aromatic amines is 1. The summed E-state index contributed by atoms with van der Waals surface area (Å²) in [5.74, 6) is 3.45. The molecule has 4 unspecified atom stereocenters. The van der Waals surface area contributed by atoms with Crippen molar-refractivity contribution in [1.29, 1.82) is 0 Å². The Morgan fingerprint density at radius 2 is 1.65 bits per heavy atom. The Kier molecular flexibility index (Phi) is 11.6. The lowest BCUT2D eigenvalue weighted by Gasteiger charge is -2.48. The highest BCUT2D eigenvalue weighted by atomic mass is 16.6. The summed E-state index contributed by atoms with van der Waals surface area (Å²) >= 11 is 0. The molecule has 1 saturated carbocycles. The number of fused-ring (bicyclic) bond motifs is 1. The van der Waals surface area contributed by atoms with Crippen molar-refractivity contribution < 1.29 is 14.6 Å². The summed E-state index contributed by atoms with van der Waals surface area (Å²) in [6.07, 6.45) is 6.77. The van der Waals surface area contributed by atoms with E-state index in [2.05, 4.69) is 106 Å². The van der Waals surface area contributed by atoms with Gasteiger partial charge in [0, 0.05) is 35.3 Å². The van der Waals surface area contributed by atoms with Crippen molar-refractivity contribution in [2.24, 2.45) is 35.0 Å². The van der Waals surface area contributed by atoms with E-state index in [9.17, 15) is 9.90 Å². The zero-order valence-corrected chi connectivity index (χ0v) is 33.4. The highest BCUT2D eigenvalue weighted by Crippen LogP contribution is 2.52. The summed E-state index contributed by atoms with van der Waals surface area (Å²) in [7, 11) is 0. The lowest BCUT2D eigenvalue weighted by molar-refractivity contribution is 0.0259. The predicted molar refractivity (Wildman–Crippen MR) is 210 cm³/mol. The molecule has 0 saturated heterocycles. The highest BCUT2D eigenvalue weighted by molar-refractivity contribution is 5.80. The van der Waals surface area contributed by atoms with Crippen LogP contribution in [0.25, 0.3) is 21.9 Å². The van der Waals surface area contributed by atoms with Gasteiger partial charge >= 0.3 is 6.09 Å². The summed E-state index contributed by atoms with van der Waals surface area (Å²) in [5.41, 5.74) is 3.60. The molecule has 2 N–H and O–H groups in total. The minimum absolute atomic E-state index is 0.0758. The van der Waals surface area contributed by atoms with Gasteiger partial charge in [-0.2, -0.15) is 0 Å². The summed E-state index contributed by atoms with van der Waals surface area (Å²) in [6, 6.07) is 3.99. The molecule has 0 spiro atoms. The largest absolute Gasteiger partial charge is 0.507 e. The van der Waals surface area contributed by atoms with Gasteiger partial charge in [0.05, 0.1) is 6.57 Å². The second-order valence-electron chi connectivity index (χ2n) is 18.6. The first-order chi connectivity index (χ1) is 23.6. The average Bonchev–Trinajstić information content (AvgIpc) is 3.54. The van der Waals surface area contributed by atoms with Crippen molar-refractivity contribution >= 4 is 17.4 Å². The summed E-state index contributed by atoms with van der Waals surface area (Å²) in [4.78, 5) is 24.4. The van der Waals surface area contributed by atoms with Crippen LogP contribution in [0.1, 0.15) is 119 Å². The Bertz CT molecular complexity index is 1740. The molecular formula is C43H63N5O3. The Balaban J connectivity index is 2.01. The molecule has 1 aromatic carbocycles. The van der Waals surface area contributed by atoms with Crippen molar-refractivity contribution in [1.82, 2.24) is 19.5 Å². The monoisotopic (exact) mass is 697 g/mol. The minimum atomic E-state index is -0.590. The van der Waals surface area contributed by atoms with Crippen LogP contribution in [-0.4, -0.2) is 43.8 Å². The molecule has 3 aromatic rings. The Labute approximate surface area is 307 Å². The minimum Gasteiger partial charge on any atom is -0.507 e. The number of nitrogens with zero attached hydrogens (tertiary/aromatic N) is 4. The van der Waals surface area contributed by atoms with Crippen molar-refractivity contribution in [2.75, 3.05) is 13.1 Å².